The van der Waals surface area contributed by atoms with Crippen molar-refractivity contribution in [3.8, 4) is 17.1 Å². The van der Waals surface area contributed by atoms with E-state index in [1.165, 1.54) is 35.7 Å². The highest BCUT2D eigenvalue weighted by molar-refractivity contribution is 7.89. The minimum Gasteiger partial charge on any atom is -0.495 e. The second kappa shape index (κ2) is 11.8. The van der Waals surface area contributed by atoms with Crippen LogP contribution in [0.5, 0.6) is 5.75 Å². The Balaban J connectivity index is 1.18. The van der Waals surface area contributed by atoms with Gasteiger partial charge in [-0.3, -0.25) is 9.69 Å². The van der Waals surface area contributed by atoms with E-state index in [-0.39, 0.29) is 22.5 Å². The van der Waals surface area contributed by atoms with Crippen LogP contribution < -0.4 is 10.1 Å². The molecule has 39 heavy (non-hydrogen) atoms. The lowest BCUT2D eigenvalue weighted by Crippen LogP contribution is -2.38. The summed E-state index contributed by atoms with van der Waals surface area (Å²) >= 11 is 0. The number of likely N-dealkylation sites (tertiary alicyclic amines) is 1. The quantitative estimate of drug-likeness (QED) is 0.443. The number of amides is 1. The molecule has 208 valence electrons. The summed E-state index contributed by atoms with van der Waals surface area (Å²) < 4.78 is 51.7. The van der Waals surface area contributed by atoms with Crippen LogP contribution in [0.15, 0.2) is 51.9 Å². The zero-order valence-electron chi connectivity index (χ0n) is 21.8. The molecular weight excluding hydrogens is 525 g/mol. The minimum absolute atomic E-state index is 0.148. The number of carbonyl (C=O) groups is 1. The van der Waals surface area contributed by atoms with Gasteiger partial charge in [0, 0.05) is 24.6 Å². The molecule has 2 aromatic carbocycles. The summed E-state index contributed by atoms with van der Waals surface area (Å²) in [5.74, 6) is 0.531. The summed E-state index contributed by atoms with van der Waals surface area (Å²) in [6.45, 7) is 2.78. The van der Waals surface area contributed by atoms with Crippen LogP contribution in [0.25, 0.3) is 11.4 Å². The molecule has 12 heteroatoms. The monoisotopic (exact) mass is 557 g/mol. The molecule has 2 aliphatic rings. The molecule has 0 radical (unpaired) electrons. The van der Waals surface area contributed by atoms with Crippen molar-refractivity contribution in [3.05, 3.63) is 54.2 Å². The van der Waals surface area contributed by atoms with E-state index >= 15 is 0 Å². The summed E-state index contributed by atoms with van der Waals surface area (Å²) in [6.07, 6.45) is 3.97. The number of anilines is 1. The minimum atomic E-state index is -3.64. The lowest BCUT2D eigenvalue weighted by atomic mass is 9.96. The zero-order chi connectivity index (χ0) is 27.4. The number of nitrogens with zero attached hydrogens (tertiary/aromatic N) is 4. The van der Waals surface area contributed by atoms with Gasteiger partial charge in [-0.1, -0.05) is 11.6 Å². The number of ether oxygens (including phenoxy) is 1. The third kappa shape index (κ3) is 6.29. The van der Waals surface area contributed by atoms with Crippen LogP contribution in [0.3, 0.4) is 0 Å². The van der Waals surface area contributed by atoms with Gasteiger partial charge in [-0.15, -0.1) is 0 Å². The Morgan fingerprint density at radius 3 is 2.49 bits per heavy atom. The average molecular weight is 558 g/mol. The smallest absolute Gasteiger partial charge is 0.243 e. The van der Waals surface area contributed by atoms with Crippen LogP contribution in [0.2, 0.25) is 0 Å². The number of halogens is 1. The Labute approximate surface area is 227 Å². The van der Waals surface area contributed by atoms with Crippen LogP contribution >= 0.6 is 0 Å². The Morgan fingerprint density at radius 1 is 1.08 bits per heavy atom. The fraction of sp³-hybridized carbons (Fsp3) is 0.444. The van der Waals surface area contributed by atoms with Gasteiger partial charge in [0.2, 0.25) is 27.6 Å². The van der Waals surface area contributed by atoms with Gasteiger partial charge in [0.05, 0.1) is 24.2 Å². The van der Waals surface area contributed by atoms with Crippen LogP contribution in [-0.4, -0.2) is 67.0 Å². The molecule has 0 aliphatic carbocycles. The molecule has 0 saturated carbocycles. The maximum atomic E-state index is 13.2. The van der Waals surface area contributed by atoms with Crippen LogP contribution in [0.4, 0.5) is 10.1 Å². The topological polar surface area (TPSA) is 118 Å². The van der Waals surface area contributed by atoms with Crippen molar-refractivity contribution in [1.29, 1.82) is 0 Å². The van der Waals surface area contributed by atoms with E-state index in [9.17, 15) is 17.6 Å². The molecule has 2 fully saturated rings. The van der Waals surface area contributed by atoms with E-state index < -0.39 is 10.0 Å². The lowest BCUT2D eigenvalue weighted by Gasteiger charge is -2.30. The molecule has 2 saturated heterocycles. The SMILES string of the molecule is COc1ccc(S(=O)(=O)N2CCCCC2)cc1NC(=O)C1CCN(Cc2nc(-c3ccc(F)cc3)no2)CC1. The first-order valence-electron chi connectivity index (χ1n) is 13.1. The number of hydrogen-bond donors (Lipinski definition) is 1. The van der Waals surface area contributed by atoms with E-state index in [0.717, 1.165) is 19.3 Å². The molecule has 1 N–H and O–H groups in total. The number of methoxy groups -OCH3 is 1. The van der Waals surface area contributed by atoms with Gasteiger partial charge in [-0.2, -0.15) is 9.29 Å². The summed E-state index contributed by atoms with van der Waals surface area (Å²) in [7, 11) is -2.15. The molecule has 3 aromatic rings. The van der Waals surface area contributed by atoms with Gasteiger partial charge >= 0.3 is 0 Å². The summed E-state index contributed by atoms with van der Waals surface area (Å²) in [5.41, 5.74) is 1.02. The second-order valence-electron chi connectivity index (χ2n) is 9.89. The Bertz CT molecular complexity index is 1400. The van der Waals surface area contributed by atoms with Gasteiger partial charge in [0.25, 0.3) is 0 Å². The molecule has 0 unspecified atom stereocenters. The van der Waals surface area contributed by atoms with E-state index in [1.807, 2.05) is 0 Å². The van der Waals surface area contributed by atoms with Crippen molar-refractivity contribution in [1.82, 2.24) is 19.3 Å². The molecule has 0 atom stereocenters. The maximum Gasteiger partial charge on any atom is 0.243 e. The van der Waals surface area contributed by atoms with Gasteiger partial charge in [-0.25, -0.2) is 12.8 Å². The molecular formula is C27H32FN5O5S. The van der Waals surface area contributed by atoms with Crippen LogP contribution in [-0.2, 0) is 21.4 Å². The first-order chi connectivity index (χ1) is 18.8. The molecule has 1 aromatic heterocycles. The van der Waals surface area contributed by atoms with Gasteiger partial charge in [-0.05, 0) is 81.2 Å². The fourth-order valence-corrected chi connectivity index (χ4v) is 6.56. The Hall–Kier alpha value is -3.35. The van der Waals surface area contributed by atoms with Crippen molar-refractivity contribution in [3.63, 3.8) is 0 Å². The summed E-state index contributed by atoms with van der Waals surface area (Å²) in [4.78, 5) is 19.8. The predicted molar refractivity (Wildman–Crippen MR) is 142 cm³/mol. The standard InChI is InChI=1S/C27H32FN5O5S/c1-37-24-10-9-22(39(35,36)33-13-3-2-4-14-33)17-23(24)29-27(34)20-11-15-32(16-12-20)18-25-30-26(31-38-25)19-5-7-21(28)8-6-19/h5-10,17,20H,2-4,11-16,18H2,1H3,(H,29,34). The van der Waals surface area contributed by atoms with Crippen molar-refractivity contribution in [2.24, 2.45) is 5.92 Å². The molecule has 10 nitrogen and oxygen atoms in total. The fourth-order valence-electron chi connectivity index (χ4n) is 5.01. The molecule has 1 amide bonds. The predicted octanol–water partition coefficient (Wildman–Crippen LogP) is 3.91. The van der Waals surface area contributed by atoms with Gasteiger partial charge in [0.15, 0.2) is 0 Å². The van der Waals surface area contributed by atoms with Gasteiger partial charge < -0.3 is 14.6 Å². The Kier molecular flexibility index (Phi) is 8.24. The normalized spacial score (nSPS) is 17.7. The summed E-state index contributed by atoms with van der Waals surface area (Å²) in [6, 6.07) is 10.5. The number of piperidine rings is 2. The number of rotatable bonds is 8. The highest BCUT2D eigenvalue weighted by Crippen LogP contribution is 2.31. The highest BCUT2D eigenvalue weighted by atomic mass is 32.2. The highest BCUT2D eigenvalue weighted by Gasteiger charge is 2.29. The first-order valence-corrected chi connectivity index (χ1v) is 14.6. The molecule has 3 heterocycles. The lowest BCUT2D eigenvalue weighted by molar-refractivity contribution is -0.121. The van der Waals surface area contributed by atoms with Crippen LogP contribution in [0, 0.1) is 11.7 Å². The number of hydrogen-bond acceptors (Lipinski definition) is 8. The largest absolute Gasteiger partial charge is 0.495 e. The van der Waals surface area contributed by atoms with E-state index in [0.29, 0.717) is 74.3 Å². The number of sulfonamides is 1. The Morgan fingerprint density at radius 2 is 1.79 bits per heavy atom. The van der Waals surface area contributed by atoms with Crippen molar-refractivity contribution in [2.75, 3.05) is 38.6 Å². The molecule has 2 aliphatic heterocycles. The third-order valence-electron chi connectivity index (χ3n) is 7.27. The van der Waals surface area contributed by atoms with Crippen molar-refractivity contribution < 1.29 is 26.9 Å². The molecule has 5 rings (SSSR count). The van der Waals surface area contributed by atoms with E-state index in [2.05, 4.69) is 20.4 Å². The number of carbonyl (C=O) groups excluding carboxylic acids is 1. The van der Waals surface area contributed by atoms with Crippen molar-refractivity contribution in [2.45, 2.75) is 43.5 Å². The third-order valence-corrected chi connectivity index (χ3v) is 9.16. The molecule has 0 bridgehead atoms. The van der Waals surface area contributed by atoms with Gasteiger partial charge in [0.1, 0.15) is 11.6 Å². The molecule has 0 spiro atoms. The van der Waals surface area contributed by atoms with Crippen LogP contribution in [0.1, 0.15) is 38.0 Å². The number of aromatic nitrogens is 2. The maximum absolute atomic E-state index is 13.2. The van der Waals surface area contributed by atoms with E-state index in [1.54, 1.807) is 18.2 Å². The number of nitrogens with one attached hydrogen (secondary N) is 1. The van der Waals surface area contributed by atoms with Crippen molar-refractivity contribution >= 4 is 21.6 Å². The first kappa shape index (κ1) is 27.2. The zero-order valence-corrected chi connectivity index (χ0v) is 22.6. The van der Waals surface area contributed by atoms with E-state index in [4.69, 9.17) is 9.26 Å². The summed E-state index contributed by atoms with van der Waals surface area (Å²) in [5, 5.41) is 6.89. The number of benzene rings is 2. The second-order valence-corrected chi connectivity index (χ2v) is 11.8. The average Bonchev–Trinajstić information content (AvgIpc) is 3.42.